The standard InChI is InChI=1S/C19H28N2O4/c1-14-6-3-7-15(2)18(14)25-13-5-9-17(22)20-10-11-21-19(23)16-8-4-12-24-16/h3,6-7,16H,4-5,8-13H2,1-2H3,(H,20,22)(H,21,23). The monoisotopic (exact) mass is 348 g/mol. The van der Waals surface area contributed by atoms with Crippen molar-refractivity contribution in [3.63, 3.8) is 0 Å². The molecular formula is C19H28N2O4. The zero-order valence-corrected chi connectivity index (χ0v) is 15.1. The Balaban J connectivity index is 1.53. The molecule has 6 heteroatoms. The first-order valence-corrected chi connectivity index (χ1v) is 8.93. The summed E-state index contributed by atoms with van der Waals surface area (Å²) >= 11 is 0. The molecule has 6 nitrogen and oxygen atoms in total. The second kappa shape index (κ2) is 10.0. The SMILES string of the molecule is Cc1cccc(C)c1OCCCC(=O)NCCNC(=O)C1CCCO1. The minimum absolute atomic E-state index is 0.0310. The van der Waals surface area contributed by atoms with E-state index in [2.05, 4.69) is 10.6 Å². The fourth-order valence-electron chi connectivity index (χ4n) is 2.81. The van der Waals surface area contributed by atoms with E-state index in [0.717, 1.165) is 29.7 Å². The van der Waals surface area contributed by atoms with E-state index in [-0.39, 0.29) is 17.9 Å². The van der Waals surface area contributed by atoms with Crippen LogP contribution in [0.3, 0.4) is 0 Å². The summed E-state index contributed by atoms with van der Waals surface area (Å²) in [6, 6.07) is 6.03. The van der Waals surface area contributed by atoms with E-state index >= 15 is 0 Å². The smallest absolute Gasteiger partial charge is 0.249 e. The van der Waals surface area contributed by atoms with Gasteiger partial charge in [-0.05, 0) is 44.2 Å². The molecule has 2 N–H and O–H groups in total. The Bertz CT molecular complexity index is 563. The first-order chi connectivity index (χ1) is 12.1. The molecule has 1 unspecified atom stereocenters. The van der Waals surface area contributed by atoms with Gasteiger partial charge in [-0.1, -0.05) is 18.2 Å². The maximum Gasteiger partial charge on any atom is 0.249 e. The number of benzene rings is 1. The molecule has 2 amide bonds. The van der Waals surface area contributed by atoms with Crippen LogP contribution in [-0.2, 0) is 14.3 Å². The van der Waals surface area contributed by atoms with Crippen LogP contribution in [0.15, 0.2) is 18.2 Å². The Labute approximate surface area is 149 Å². The normalized spacial score (nSPS) is 16.5. The molecule has 1 atom stereocenters. The summed E-state index contributed by atoms with van der Waals surface area (Å²) in [5.74, 6) is 0.782. The molecule has 0 radical (unpaired) electrons. The zero-order chi connectivity index (χ0) is 18.1. The second-order valence-electron chi connectivity index (χ2n) is 6.32. The van der Waals surface area contributed by atoms with Gasteiger partial charge in [-0.2, -0.15) is 0 Å². The number of hydrogen-bond acceptors (Lipinski definition) is 4. The van der Waals surface area contributed by atoms with Crippen molar-refractivity contribution in [2.75, 3.05) is 26.3 Å². The quantitative estimate of drug-likeness (QED) is 0.668. The summed E-state index contributed by atoms with van der Waals surface area (Å²) in [4.78, 5) is 23.5. The Kier molecular flexibility index (Phi) is 7.73. The number of nitrogens with one attached hydrogen (secondary N) is 2. The number of aryl methyl sites for hydroxylation is 2. The number of carbonyl (C=O) groups excluding carboxylic acids is 2. The van der Waals surface area contributed by atoms with Gasteiger partial charge in [0.15, 0.2) is 0 Å². The highest BCUT2D eigenvalue weighted by Crippen LogP contribution is 2.22. The van der Waals surface area contributed by atoms with Gasteiger partial charge in [0.1, 0.15) is 11.9 Å². The topological polar surface area (TPSA) is 76.7 Å². The number of ether oxygens (including phenoxy) is 2. The molecule has 1 aromatic rings. The van der Waals surface area contributed by atoms with Crippen LogP contribution < -0.4 is 15.4 Å². The van der Waals surface area contributed by atoms with Crippen molar-refractivity contribution in [3.8, 4) is 5.75 Å². The second-order valence-corrected chi connectivity index (χ2v) is 6.32. The third-order valence-corrected chi connectivity index (χ3v) is 4.17. The first-order valence-electron chi connectivity index (χ1n) is 8.93. The van der Waals surface area contributed by atoms with Gasteiger partial charge in [-0.25, -0.2) is 0 Å². The third-order valence-electron chi connectivity index (χ3n) is 4.17. The summed E-state index contributed by atoms with van der Waals surface area (Å²) in [7, 11) is 0. The average Bonchev–Trinajstić information content (AvgIpc) is 3.12. The van der Waals surface area contributed by atoms with Gasteiger partial charge in [0.05, 0.1) is 6.61 Å². The van der Waals surface area contributed by atoms with Gasteiger partial charge in [0, 0.05) is 26.1 Å². The van der Waals surface area contributed by atoms with E-state index in [1.54, 1.807) is 0 Å². The molecule has 1 heterocycles. The minimum Gasteiger partial charge on any atom is -0.493 e. The summed E-state index contributed by atoms with van der Waals surface area (Å²) in [5, 5.41) is 5.58. The van der Waals surface area contributed by atoms with Crippen LogP contribution >= 0.6 is 0 Å². The van der Waals surface area contributed by atoms with Crippen molar-refractivity contribution in [2.24, 2.45) is 0 Å². The summed E-state index contributed by atoms with van der Waals surface area (Å²) in [6.07, 6.45) is 2.45. The molecule has 2 rings (SSSR count). The number of amides is 2. The minimum atomic E-state index is -0.322. The summed E-state index contributed by atoms with van der Waals surface area (Å²) < 4.78 is 11.1. The van der Waals surface area contributed by atoms with Gasteiger partial charge in [-0.3, -0.25) is 9.59 Å². The van der Waals surface area contributed by atoms with E-state index in [1.165, 1.54) is 0 Å². The van der Waals surface area contributed by atoms with Crippen molar-refractivity contribution in [2.45, 2.75) is 45.6 Å². The molecule has 25 heavy (non-hydrogen) atoms. The van der Waals surface area contributed by atoms with Gasteiger partial charge in [0.2, 0.25) is 11.8 Å². The molecule has 0 bridgehead atoms. The van der Waals surface area contributed by atoms with Crippen LogP contribution in [0.4, 0.5) is 0 Å². The van der Waals surface area contributed by atoms with Crippen LogP contribution in [0.25, 0.3) is 0 Å². The molecule has 138 valence electrons. The average molecular weight is 348 g/mol. The van der Waals surface area contributed by atoms with Crippen molar-refractivity contribution in [1.82, 2.24) is 10.6 Å². The molecule has 0 saturated carbocycles. The Morgan fingerprint density at radius 2 is 1.92 bits per heavy atom. The number of para-hydroxylation sites is 1. The van der Waals surface area contributed by atoms with Crippen LogP contribution in [-0.4, -0.2) is 44.2 Å². The Hall–Kier alpha value is -2.08. The van der Waals surface area contributed by atoms with Crippen molar-refractivity contribution >= 4 is 11.8 Å². The van der Waals surface area contributed by atoms with Crippen LogP contribution in [0.5, 0.6) is 5.75 Å². The van der Waals surface area contributed by atoms with E-state index < -0.39 is 0 Å². The van der Waals surface area contributed by atoms with Gasteiger partial charge < -0.3 is 20.1 Å². The molecular weight excluding hydrogens is 320 g/mol. The van der Waals surface area contributed by atoms with Crippen LogP contribution in [0, 0.1) is 13.8 Å². The molecule has 1 aliphatic rings. The van der Waals surface area contributed by atoms with Crippen molar-refractivity contribution in [1.29, 1.82) is 0 Å². The summed E-state index contributed by atoms with van der Waals surface area (Å²) in [5.41, 5.74) is 2.21. The molecule has 1 fully saturated rings. The fraction of sp³-hybridized carbons (Fsp3) is 0.579. The lowest BCUT2D eigenvalue weighted by molar-refractivity contribution is -0.130. The predicted molar refractivity (Wildman–Crippen MR) is 95.6 cm³/mol. The van der Waals surface area contributed by atoms with E-state index in [9.17, 15) is 9.59 Å². The fourth-order valence-corrected chi connectivity index (χ4v) is 2.81. The third kappa shape index (κ3) is 6.38. The maximum atomic E-state index is 11.8. The molecule has 1 aliphatic heterocycles. The maximum absolute atomic E-state index is 11.8. The number of carbonyl (C=O) groups is 2. The lowest BCUT2D eigenvalue weighted by Gasteiger charge is -2.12. The highest BCUT2D eigenvalue weighted by molar-refractivity contribution is 5.81. The largest absolute Gasteiger partial charge is 0.493 e. The van der Waals surface area contributed by atoms with Crippen LogP contribution in [0.2, 0.25) is 0 Å². The van der Waals surface area contributed by atoms with Gasteiger partial charge in [-0.15, -0.1) is 0 Å². The highest BCUT2D eigenvalue weighted by Gasteiger charge is 2.22. The van der Waals surface area contributed by atoms with Crippen molar-refractivity contribution < 1.29 is 19.1 Å². The van der Waals surface area contributed by atoms with Crippen LogP contribution in [0.1, 0.15) is 36.8 Å². The molecule has 0 spiro atoms. The number of hydrogen-bond donors (Lipinski definition) is 2. The Morgan fingerprint density at radius 3 is 2.60 bits per heavy atom. The molecule has 0 aromatic heterocycles. The van der Waals surface area contributed by atoms with Gasteiger partial charge in [0.25, 0.3) is 0 Å². The van der Waals surface area contributed by atoms with E-state index in [0.29, 0.717) is 39.1 Å². The van der Waals surface area contributed by atoms with Crippen molar-refractivity contribution in [3.05, 3.63) is 29.3 Å². The lowest BCUT2D eigenvalue weighted by atomic mass is 10.1. The van der Waals surface area contributed by atoms with Gasteiger partial charge >= 0.3 is 0 Å². The Morgan fingerprint density at radius 1 is 1.20 bits per heavy atom. The molecule has 1 saturated heterocycles. The lowest BCUT2D eigenvalue weighted by Crippen LogP contribution is -2.39. The molecule has 1 aromatic carbocycles. The highest BCUT2D eigenvalue weighted by atomic mass is 16.5. The zero-order valence-electron chi connectivity index (χ0n) is 15.1. The number of rotatable bonds is 9. The van der Waals surface area contributed by atoms with E-state index in [1.807, 2.05) is 32.0 Å². The predicted octanol–water partition coefficient (Wildman–Crippen LogP) is 1.87. The van der Waals surface area contributed by atoms with E-state index in [4.69, 9.17) is 9.47 Å². The first kappa shape index (κ1) is 19.2. The summed E-state index contributed by atoms with van der Waals surface area (Å²) in [6.45, 7) is 6.03. The molecule has 0 aliphatic carbocycles.